The van der Waals surface area contributed by atoms with Crippen LogP contribution in [0.4, 0.5) is 5.69 Å². The van der Waals surface area contributed by atoms with Crippen LogP contribution in [0.15, 0.2) is 47.4 Å². The highest BCUT2D eigenvalue weighted by Crippen LogP contribution is 2.33. The lowest BCUT2D eigenvalue weighted by Crippen LogP contribution is -2.29. The van der Waals surface area contributed by atoms with Crippen molar-refractivity contribution in [2.45, 2.75) is 18.2 Å². The van der Waals surface area contributed by atoms with Crippen LogP contribution in [0.5, 0.6) is 5.75 Å². The number of hydrogen-bond acceptors (Lipinski definition) is 4. The normalized spacial score (nSPS) is 13.6. The summed E-state index contributed by atoms with van der Waals surface area (Å²) in [6.07, 6.45) is 0.689. The van der Waals surface area contributed by atoms with Crippen molar-refractivity contribution in [1.29, 1.82) is 0 Å². The molecule has 1 heterocycles. The van der Waals surface area contributed by atoms with Gasteiger partial charge in [0, 0.05) is 6.54 Å². The molecule has 0 spiro atoms. The maximum atomic E-state index is 12.9. The first-order valence-electron chi connectivity index (χ1n) is 7.45. The third-order valence-corrected chi connectivity index (χ3v) is 5.74. The minimum absolute atomic E-state index is 0.166. The predicted octanol–water partition coefficient (Wildman–Crippen LogP) is 2.21. The third kappa shape index (κ3) is 2.94. The highest BCUT2D eigenvalue weighted by Gasteiger charge is 2.30. The Labute approximate surface area is 140 Å². The molecule has 24 heavy (non-hydrogen) atoms. The summed E-state index contributed by atoms with van der Waals surface area (Å²) in [6, 6.07) is 11.9. The fourth-order valence-corrected chi connectivity index (χ4v) is 4.36. The molecule has 1 N–H and O–H groups in total. The standard InChI is InChI=1S/C17H17NO5S/c1-12-10-14(6-7-16(12)23-11-17(19)20)24(21,22)18-9-8-13-4-2-3-5-15(13)18/h2-7,10H,8-9,11H2,1H3,(H,19,20). The third-order valence-electron chi connectivity index (χ3n) is 3.93. The number of carbonyl (C=O) groups is 1. The Morgan fingerprint density at radius 3 is 2.71 bits per heavy atom. The summed E-state index contributed by atoms with van der Waals surface area (Å²) in [5.41, 5.74) is 2.30. The molecule has 0 aliphatic carbocycles. The predicted molar refractivity (Wildman–Crippen MR) is 89.0 cm³/mol. The summed E-state index contributed by atoms with van der Waals surface area (Å²) in [6.45, 7) is 1.64. The molecule has 2 aromatic rings. The summed E-state index contributed by atoms with van der Waals surface area (Å²) < 4.78 is 32.4. The first-order chi connectivity index (χ1) is 11.4. The second-order valence-electron chi connectivity index (χ2n) is 5.57. The zero-order valence-electron chi connectivity index (χ0n) is 13.1. The maximum absolute atomic E-state index is 12.9. The van der Waals surface area contributed by atoms with Crippen molar-refractivity contribution in [3.8, 4) is 5.75 Å². The number of nitrogens with zero attached hydrogens (tertiary/aromatic N) is 1. The molecule has 2 aromatic carbocycles. The average molecular weight is 347 g/mol. The van der Waals surface area contributed by atoms with Crippen LogP contribution in [0.25, 0.3) is 0 Å². The first kappa shape index (κ1) is 16.3. The van der Waals surface area contributed by atoms with Crippen LogP contribution < -0.4 is 9.04 Å². The van der Waals surface area contributed by atoms with E-state index in [9.17, 15) is 13.2 Å². The van der Waals surface area contributed by atoms with E-state index in [0.717, 1.165) is 5.56 Å². The van der Waals surface area contributed by atoms with Crippen molar-refractivity contribution in [3.05, 3.63) is 53.6 Å². The number of aryl methyl sites for hydroxylation is 1. The molecule has 7 heteroatoms. The molecule has 0 saturated heterocycles. The van der Waals surface area contributed by atoms with Crippen LogP contribution in [-0.2, 0) is 21.2 Å². The lowest BCUT2D eigenvalue weighted by atomic mass is 10.2. The van der Waals surface area contributed by atoms with Gasteiger partial charge in [-0.3, -0.25) is 4.31 Å². The SMILES string of the molecule is Cc1cc(S(=O)(=O)N2CCc3ccccc32)ccc1OCC(=O)O. The van der Waals surface area contributed by atoms with Crippen LogP contribution in [0.1, 0.15) is 11.1 Å². The van der Waals surface area contributed by atoms with Gasteiger partial charge in [-0.05, 0) is 48.7 Å². The van der Waals surface area contributed by atoms with Crippen molar-refractivity contribution in [3.63, 3.8) is 0 Å². The Morgan fingerprint density at radius 2 is 2.00 bits per heavy atom. The van der Waals surface area contributed by atoms with Gasteiger partial charge in [-0.1, -0.05) is 18.2 Å². The molecule has 0 fully saturated rings. The number of carboxylic acid groups (broad SMARTS) is 1. The molecule has 0 bridgehead atoms. The molecule has 126 valence electrons. The quantitative estimate of drug-likeness (QED) is 0.896. The fraction of sp³-hybridized carbons (Fsp3) is 0.235. The van der Waals surface area contributed by atoms with Gasteiger partial charge >= 0.3 is 5.97 Å². The largest absolute Gasteiger partial charge is 0.482 e. The summed E-state index contributed by atoms with van der Waals surface area (Å²) >= 11 is 0. The maximum Gasteiger partial charge on any atom is 0.341 e. The fourth-order valence-electron chi connectivity index (χ4n) is 2.77. The minimum Gasteiger partial charge on any atom is -0.482 e. The highest BCUT2D eigenvalue weighted by molar-refractivity contribution is 7.92. The zero-order chi connectivity index (χ0) is 17.3. The van der Waals surface area contributed by atoms with E-state index in [1.165, 1.54) is 22.5 Å². The molecule has 3 rings (SSSR count). The molecular formula is C17H17NO5S. The Bertz CT molecular complexity index is 892. The second kappa shape index (κ2) is 6.16. The molecule has 6 nitrogen and oxygen atoms in total. The van der Waals surface area contributed by atoms with Crippen molar-refractivity contribution in [1.82, 2.24) is 0 Å². The lowest BCUT2D eigenvalue weighted by Gasteiger charge is -2.20. The average Bonchev–Trinajstić information content (AvgIpc) is 2.98. The second-order valence-corrected chi connectivity index (χ2v) is 7.43. The van der Waals surface area contributed by atoms with Gasteiger partial charge in [-0.25, -0.2) is 13.2 Å². The number of hydrogen-bond donors (Lipinski definition) is 1. The molecule has 0 saturated carbocycles. The molecule has 0 aromatic heterocycles. The van der Waals surface area contributed by atoms with Crippen LogP contribution in [0.3, 0.4) is 0 Å². The van der Waals surface area contributed by atoms with Crippen LogP contribution >= 0.6 is 0 Å². The van der Waals surface area contributed by atoms with E-state index < -0.39 is 22.6 Å². The Kier molecular flexibility index (Phi) is 4.19. The Morgan fingerprint density at radius 1 is 1.25 bits per heavy atom. The summed E-state index contributed by atoms with van der Waals surface area (Å²) in [4.78, 5) is 10.7. The minimum atomic E-state index is -3.66. The van der Waals surface area contributed by atoms with E-state index in [-0.39, 0.29) is 4.90 Å². The zero-order valence-corrected chi connectivity index (χ0v) is 13.9. The Hall–Kier alpha value is -2.54. The topological polar surface area (TPSA) is 83.9 Å². The van der Waals surface area contributed by atoms with Gasteiger partial charge < -0.3 is 9.84 Å². The monoisotopic (exact) mass is 347 g/mol. The highest BCUT2D eigenvalue weighted by atomic mass is 32.2. The van der Waals surface area contributed by atoms with Gasteiger partial charge in [0.2, 0.25) is 0 Å². The van der Waals surface area contributed by atoms with Gasteiger partial charge in [-0.2, -0.15) is 0 Å². The van der Waals surface area contributed by atoms with Crippen molar-refractivity contribution in [2.24, 2.45) is 0 Å². The van der Waals surface area contributed by atoms with Crippen molar-refractivity contribution in [2.75, 3.05) is 17.5 Å². The molecule has 0 radical (unpaired) electrons. The van der Waals surface area contributed by atoms with Crippen LogP contribution in [0, 0.1) is 6.92 Å². The van der Waals surface area contributed by atoms with Gasteiger partial charge in [0.25, 0.3) is 10.0 Å². The van der Waals surface area contributed by atoms with E-state index >= 15 is 0 Å². The van der Waals surface area contributed by atoms with E-state index in [1.54, 1.807) is 13.0 Å². The number of anilines is 1. The molecular weight excluding hydrogens is 330 g/mol. The number of ether oxygens (including phenoxy) is 1. The van der Waals surface area contributed by atoms with E-state index in [0.29, 0.717) is 30.0 Å². The number of para-hydroxylation sites is 1. The smallest absolute Gasteiger partial charge is 0.341 e. The number of sulfonamides is 1. The van der Waals surface area contributed by atoms with Gasteiger partial charge in [0.1, 0.15) is 5.75 Å². The summed E-state index contributed by atoms with van der Waals surface area (Å²) in [5.74, 6) is -0.724. The number of aliphatic carboxylic acids is 1. The summed E-state index contributed by atoms with van der Waals surface area (Å²) in [5, 5.41) is 8.66. The molecule has 0 amide bonds. The molecule has 0 unspecified atom stereocenters. The molecule has 0 atom stereocenters. The lowest BCUT2D eigenvalue weighted by molar-refractivity contribution is -0.139. The van der Waals surface area contributed by atoms with Gasteiger partial charge in [0.15, 0.2) is 6.61 Å². The van der Waals surface area contributed by atoms with Crippen molar-refractivity contribution >= 4 is 21.7 Å². The first-order valence-corrected chi connectivity index (χ1v) is 8.89. The Balaban J connectivity index is 1.91. The molecule has 1 aliphatic rings. The number of benzene rings is 2. The van der Waals surface area contributed by atoms with Crippen molar-refractivity contribution < 1.29 is 23.1 Å². The molecule has 1 aliphatic heterocycles. The summed E-state index contributed by atoms with van der Waals surface area (Å²) in [7, 11) is -3.66. The van der Waals surface area contributed by atoms with Crippen LogP contribution in [0.2, 0.25) is 0 Å². The van der Waals surface area contributed by atoms with E-state index in [1.807, 2.05) is 18.2 Å². The van der Waals surface area contributed by atoms with Crippen LogP contribution in [-0.4, -0.2) is 32.6 Å². The number of fused-ring (bicyclic) bond motifs is 1. The number of carboxylic acids is 1. The van der Waals surface area contributed by atoms with Gasteiger partial charge in [0.05, 0.1) is 10.6 Å². The number of rotatable bonds is 5. The van der Waals surface area contributed by atoms with Gasteiger partial charge in [-0.15, -0.1) is 0 Å². The van der Waals surface area contributed by atoms with E-state index in [2.05, 4.69) is 0 Å². The van der Waals surface area contributed by atoms with E-state index in [4.69, 9.17) is 9.84 Å².